The number of carboxylic acids is 1. The molecule has 116 valence electrons. The molecule has 1 N–H and O–H groups in total. The number of esters is 1. The van der Waals surface area contributed by atoms with Gasteiger partial charge in [-0.2, -0.15) is 4.31 Å². The topological polar surface area (TPSA) is 101 Å². The van der Waals surface area contributed by atoms with Gasteiger partial charge in [-0.1, -0.05) is 17.7 Å². The highest BCUT2D eigenvalue weighted by Gasteiger charge is 2.27. The summed E-state index contributed by atoms with van der Waals surface area (Å²) in [7, 11) is -2.79. The number of rotatable bonds is 7. The first-order valence-electron chi connectivity index (χ1n) is 6.13. The number of aryl methyl sites for hydroxylation is 1. The molecule has 0 radical (unpaired) electrons. The standard InChI is InChI=1S/C13H17NO6S/c1-10-3-5-11(6-4-10)21(18,19)14(9-12(15)16)8-7-13(17)20-2/h3-6H,7-9H2,1-2H3,(H,15,16). The van der Waals surface area contributed by atoms with Crippen LogP contribution in [0.2, 0.25) is 0 Å². The number of carbonyl (C=O) groups is 2. The number of nitrogens with zero attached hydrogens (tertiary/aromatic N) is 1. The number of carboxylic acid groups (broad SMARTS) is 1. The Bertz CT molecular complexity index is 608. The minimum Gasteiger partial charge on any atom is -0.480 e. The van der Waals surface area contributed by atoms with Crippen LogP contribution in [-0.2, 0) is 24.3 Å². The van der Waals surface area contributed by atoms with Gasteiger partial charge in [-0.3, -0.25) is 9.59 Å². The number of ether oxygens (including phenoxy) is 1. The van der Waals surface area contributed by atoms with Gasteiger partial charge in [0.25, 0.3) is 0 Å². The molecule has 0 saturated carbocycles. The predicted molar refractivity (Wildman–Crippen MR) is 74.2 cm³/mol. The van der Waals surface area contributed by atoms with E-state index in [1.807, 2.05) is 6.92 Å². The lowest BCUT2D eigenvalue weighted by Crippen LogP contribution is -2.37. The van der Waals surface area contributed by atoms with E-state index < -0.39 is 28.5 Å². The Morgan fingerprint density at radius 1 is 1.24 bits per heavy atom. The first-order chi connectivity index (χ1) is 9.77. The van der Waals surface area contributed by atoms with Crippen LogP contribution in [0.4, 0.5) is 0 Å². The maximum absolute atomic E-state index is 12.4. The van der Waals surface area contributed by atoms with Crippen molar-refractivity contribution in [1.29, 1.82) is 0 Å². The maximum atomic E-state index is 12.4. The van der Waals surface area contributed by atoms with Gasteiger partial charge in [0.15, 0.2) is 0 Å². The molecular weight excluding hydrogens is 298 g/mol. The molecule has 1 aromatic rings. The monoisotopic (exact) mass is 315 g/mol. The van der Waals surface area contributed by atoms with E-state index in [1.165, 1.54) is 19.2 Å². The number of sulfonamides is 1. The third-order valence-corrected chi connectivity index (χ3v) is 4.62. The van der Waals surface area contributed by atoms with E-state index in [0.29, 0.717) is 0 Å². The number of hydrogen-bond acceptors (Lipinski definition) is 5. The molecule has 0 atom stereocenters. The van der Waals surface area contributed by atoms with Crippen LogP contribution in [0.5, 0.6) is 0 Å². The molecule has 0 fully saturated rings. The summed E-state index contributed by atoms with van der Waals surface area (Å²) in [6, 6.07) is 6.04. The summed E-state index contributed by atoms with van der Waals surface area (Å²) in [5, 5.41) is 8.84. The Morgan fingerprint density at radius 3 is 2.29 bits per heavy atom. The molecule has 0 spiro atoms. The molecule has 0 aliphatic heterocycles. The number of methoxy groups -OCH3 is 1. The highest BCUT2D eigenvalue weighted by molar-refractivity contribution is 7.89. The number of carbonyl (C=O) groups excluding carboxylic acids is 1. The van der Waals surface area contributed by atoms with Gasteiger partial charge in [-0.05, 0) is 19.1 Å². The number of benzene rings is 1. The molecule has 0 aromatic heterocycles. The normalized spacial score (nSPS) is 11.4. The Kier molecular flexibility index (Phi) is 5.86. The Balaban J connectivity index is 3.02. The average molecular weight is 315 g/mol. The minimum absolute atomic E-state index is 0.0146. The van der Waals surface area contributed by atoms with Crippen molar-refractivity contribution in [3.05, 3.63) is 29.8 Å². The fourth-order valence-corrected chi connectivity index (χ4v) is 3.00. The molecule has 7 nitrogen and oxygen atoms in total. The van der Waals surface area contributed by atoms with E-state index in [4.69, 9.17) is 5.11 Å². The van der Waals surface area contributed by atoms with Crippen LogP contribution in [0.3, 0.4) is 0 Å². The van der Waals surface area contributed by atoms with Gasteiger partial charge in [0.05, 0.1) is 18.4 Å². The summed E-state index contributed by atoms with van der Waals surface area (Å²) in [6.07, 6.45) is -0.213. The van der Waals surface area contributed by atoms with E-state index in [2.05, 4.69) is 4.74 Å². The van der Waals surface area contributed by atoms with Crippen LogP contribution in [0, 0.1) is 6.92 Å². The molecule has 0 bridgehead atoms. The molecule has 8 heteroatoms. The van der Waals surface area contributed by atoms with Crippen molar-refractivity contribution < 1.29 is 27.9 Å². The van der Waals surface area contributed by atoms with Gasteiger partial charge in [0, 0.05) is 6.54 Å². The molecule has 0 amide bonds. The highest BCUT2D eigenvalue weighted by atomic mass is 32.2. The van der Waals surface area contributed by atoms with E-state index >= 15 is 0 Å². The zero-order valence-corrected chi connectivity index (χ0v) is 12.6. The zero-order valence-electron chi connectivity index (χ0n) is 11.8. The lowest BCUT2D eigenvalue weighted by Gasteiger charge is -2.19. The zero-order chi connectivity index (χ0) is 16.0. The molecule has 1 aromatic carbocycles. The smallest absolute Gasteiger partial charge is 0.318 e. The fraction of sp³-hybridized carbons (Fsp3) is 0.385. The summed E-state index contributed by atoms with van der Waals surface area (Å²) in [5.74, 6) is -1.90. The van der Waals surface area contributed by atoms with Gasteiger partial charge < -0.3 is 9.84 Å². The van der Waals surface area contributed by atoms with Crippen molar-refractivity contribution >= 4 is 22.0 Å². The van der Waals surface area contributed by atoms with Crippen LogP contribution < -0.4 is 0 Å². The van der Waals surface area contributed by atoms with Crippen LogP contribution in [0.1, 0.15) is 12.0 Å². The second-order valence-corrected chi connectivity index (χ2v) is 6.31. The van der Waals surface area contributed by atoms with Crippen molar-refractivity contribution in [2.24, 2.45) is 0 Å². The van der Waals surface area contributed by atoms with Gasteiger partial charge in [-0.25, -0.2) is 8.42 Å². The largest absolute Gasteiger partial charge is 0.480 e. The number of aliphatic carboxylic acids is 1. The molecule has 1 rings (SSSR count). The molecule has 0 aliphatic carbocycles. The Morgan fingerprint density at radius 2 is 1.81 bits per heavy atom. The summed E-state index contributed by atoms with van der Waals surface area (Å²) in [6.45, 7) is 0.838. The van der Waals surface area contributed by atoms with E-state index in [1.54, 1.807) is 12.1 Å². The van der Waals surface area contributed by atoms with Crippen LogP contribution in [-0.4, -0.2) is 50.0 Å². The van der Waals surface area contributed by atoms with Crippen LogP contribution >= 0.6 is 0 Å². The molecular formula is C13H17NO6S. The first-order valence-corrected chi connectivity index (χ1v) is 7.57. The second-order valence-electron chi connectivity index (χ2n) is 4.37. The molecule has 0 heterocycles. The Hall–Kier alpha value is -1.93. The van der Waals surface area contributed by atoms with Crippen molar-refractivity contribution in [2.75, 3.05) is 20.2 Å². The quantitative estimate of drug-likeness (QED) is 0.741. The minimum atomic E-state index is -3.97. The van der Waals surface area contributed by atoms with Gasteiger partial charge in [-0.15, -0.1) is 0 Å². The van der Waals surface area contributed by atoms with Crippen LogP contribution in [0.25, 0.3) is 0 Å². The first kappa shape index (κ1) is 17.1. The van der Waals surface area contributed by atoms with Crippen molar-refractivity contribution in [2.45, 2.75) is 18.2 Å². The van der Waals surface area contributed by atoms with Gasteiger partial charge in [0.2, 0.25) is 10.0 Å². The number of hydrogen-bond donors (Lipinski definition) is 1. The lowest BCUT2D eigenvalue weighted by atomic mass is 10.2. The van der Waals surface area contributed by atoms with Crippen molar-refractivity contribution in [3.63, 3.8) is 0 Å². The highest BCUT2D eigenvalue weighted by Crippen LogP contribution is 2.16. The van der Waals surface area contributed by atoms with E-state index in [-0.39, 0.29) is 17.9 Å². The second kappa shape index (κ2) is 7.19. The summed E-state index contributed by atoms with van der Waals surface area (Å²) < 4.78 is 30.0. The van der Waals surface area contributed by atoms with E-state index in [0.717, 1.165) is 9.87 Å². The molecule has 0 saturated heterocycles. The summed E-state index contributed by atoms with van der Waals surface area (Å²) >= 11 is 0. The Labute approximate surface area is 123 Å². The van der Waals surface area contributed by atoms with Gasteiger partial charge >= 0.3 is 11.9 Å². The average Bonchev–Trinajstić information content (AvgIpc) is 2.43. The van der Waals surface area contributed by atoms with Crippen molar-refractivity contribution in [1.82, 2.24) is 4.31 Å². The third-order valence-electron chi connectivity index (χ3n) is 2.76. The third kappa shape index (κ3) is 4.83. The summed E-state index contributed by atoms with van der Waals surface area (Å²) in [4.78, 5) is 21.9. The predicted octanol–water partition coefficient (Wildman–Crippen LogP) is 0.633. The molecule has 21 heavy (non-hydrogen) atoms. The summed E-state index contributed by atoms with van der Waals surface area (Å²) in [5.41, 5.74) is 0.883. The molecule has 0 unspecified atom stereocenters. The van der Waals surface area contributed by atoms with E-state index in [9.17, 15) is 18.0 Å². The lowest BCUT2D eigenvalue weighted by molar-refractivity contribution is -0.142. The maximum Gasteiger partial charge on any atom is 0.318 e. The SMILES string of the molecule is COC(=O)CCN(CC(=O)O)S(=O)(=O)c1ccc(C)cc1. The van der Waals surface area contributed by atoms with Crippen LogP contribution in [0.15, 0.2) is 29.2 Å². The fourth-order valence-electron chi connectivity index (χ4n) is 1.61. The van der Waals surface area contributed by atoms with Gasteiger partial charge in [0.1, 0.15) is 6.54 Å². The van der Waals surface area contributed by atoms with Crippen molar-refractivity contribution in [3.8, 4) is 0 Å². The molecule has 0 aliphatic rings.